The summed E-state index contributed by atoms with van der Waals surface area (Å²) in [6.45, 7) is 4.10. The summed E-state index contributed by atoms with van der Waals surface area (Å²) in [6.07, 6.45) is 0. The summed E-state index contributed by atoms with van der Waals surface area (Å²) in [5, 5.41) is 5.46. The first-order valence-electron chi connectivity index (χ1n) is 9.57. The van der Waals surface area contributed by atoms with Crippen molar-refractivity contribution in [1.82, 2.24) is 24.6 Å². The minimum absolute atomic E-state index is 0.00945. The Morgan fingerprint density at radius 2 is 1.83 bits per heavy atom. The molecule has 8 heteroatoms. The normalized spacial score (nSPS) is 14.2. The molecule has 0 radical (unpaired) electrons. The van der Waals surface area contributed by atoms with Crippen molar-refractivity contribution in [2.24, 2.45) is 0 Å². The monoisotopic (exact) mass is 393 g/mol. The van der Waals surface area contributed by atoms with Crippen LogP contribution in [-0.4, -0.2) is 76.3 Å². The van der Waals surface area contributed by atoms with E-state index in [4.69, 9.17) is 4.74 Å². The topological polar surface area (TPSA) is 80.6 Å². The van der Waals surface area contributed by atoms with Crippen molar-refractivity contribution in [2.45, 2.75) is 6.92 Å². The van der Waals surface area contributed by atoms with Gasteiger partial charge in [-0.3, -0.25) is 9.59 Å². The van der Waals surface area contributed by atoms with E-state index in [0.29, 0.717) is 32.0 Å². The maximum absolute atomic E-state index is 12.9. The third kappa shape index (κ3) is 3.84. The number of amides is 2. The van der Waals surface area contributed by atoms with Crippen molar-refractivity contribution < 1.29 is 14.3 Å². The Hall–Kier alpha value is -3.26. The molecular weight excluding hydrogens is 370 g/mol. The first-order valence-corrected chi connectivity index (χ1v) is 9.57. The van der Waals surface area contributed by atoms with Crippen molar-refractivity contribution in [3.8, 4) is 5.69 Å². The highest BCUT2D eigenvalue weighted by Crippen LogP contribution is 2.21. The molecule has 1 aromatic carbocycles. The van der Waals surface area contributed by atoms with E-state index in [9.17, 15) is 9.59 Å². The summed E-state index contributed by atoms with van der Waals surface area (Å²) in [5.74, 6) is -0.387. The molecule has 1 aliphatic heterocycles. The van der Waals surface area contributed by atoms with Gasteiger partial charge in [-0.1, -0.05) is 18.2 Å². The fourth-order valence-corrected chi connectivity index (χ4v) is 3.39. The van der Waals surface area contributed by atoms with Gasteiger partial charge in [0.1, 0.15) is 5.69 Å². The van der Waals surface area contributed by atoms with Crippen molar-refractivity contribution in [3.63, 3.8) is 0 Å². The molecule has 3 heterocycles. The number of para-hydroxylation sites is 1. The van der Waals surface area contributed by atoms with Crippen LogP contribution in [-0.2, 0) is 9.53 Å². The summed E-state index contributed by atoms with van der Waals surface area (Å²) in [7, 11) is 1.62. The first-order chi connectivity index (χ1) is 14.0. The molecule has 4 rings (SSSR count). The van der Waals surface area contributed by atoms with Crippen molar-refractivity contribution >= 4 is 22.8 Å². The second-order valence-corrected chi connectivity index (χ2v) is 7.05. The van der Waals surface area contributed by atoms with Crippen LogP contribution in [0.25, 0.3) is 16.7 Å². The Morgan fingerprint density at radius 3 is 2.55 bits per heavy atom. The van der Waals surface area contributed by atoms with Gasteiger partial charge in [0, 0.05) is 25.5 Å². The van der Waals surface area contributed by atoms with Crippen LogP contribution < -0.4 is 0 Å². The number of benzene rings is 1. The first kappa shape index (κ1) is 19.1. The van der Waals surface area contributed by atoms with E-state index in [1.54, 1.807) is 22.7 Å². The van der Waals surface area contributed by atoms with Crippen LogP contribution in [0.4, 0.5) is 0 Å². The van der Waals surface area contributed by atoms with Crippen molar-refractivity contribution in [3.05, 3.63) is 53.9 Å². The minimum atomic E-state index is -0.299. The lowest BCUT2D eigenvalue weighted by molar-refractivity contribution is -0.135. The number of ether oxygens (including phenoxy) is 1. The third-order valence-electron chi connectivity index (χ3n) is 5.02. The molecule has 0 atom stereocenters. The van der Waals surface area contributed by atoms with Gasteiger partial charge in [-0.05, 0) is 31.2 Å². The van der Waals surface area contributed by atoms with Crippen LogP contribution in [0.5, 0.6) is 0 Å². The fourth-order valence-electron chi connectivity index (χ4n) is 3.39. The van der Waals surface area contributed by atoms with Gasteiger partial charge in [-0.2, -0.15) is 5.10 Å². The highest BCUT2D eigenvalue weighted by molar-refractivity contribution is 5.96. The van der Waals surface area contributed by atoms with Crippen LogP contribution in [0.15, 0.2) is 42.5 Å². The van der Waals surface area contributed by atoms with E-state index in [-0.39, 0.29) is 24.1 Å². The second kappa shape index (κ2) is 8.00. The van der Waals surface area contributed by atoms with Gasteiger partial charge in [0.25, 0.3) is 5.91 Å². The number of aryl methyl sites for hydroxylation is 1. The van der Waals surface area contributed by atoms with Crippen molar-refractivity contribution in [1.29, 1.82) is 0 Å². The van der Waals surface area contributed by atoms with Crippen LogP contribution in [0.2, 0.25) is 0 Å². The Labute approximate surface area is 168 Å². The molecule has 0 saturated carbocycles. The van der Waals surface area contributed by atoms with Crippen LogP contribution in [0.3, 0.4) is 0 Å². The lowest BCUT2D eigenvalue weighted by Gasteiger charge is -2.28. The summed E-state index contributed by atoms with van der Waals surface area (Å²) in [4.78, 5) is 33.0. The standard InChI is InChI=1S/C21H23N5O3/c1-15-17-8-9-18(22-20(17)26(23-15)16-6-4-3-5-7-16)21(28)24(2)14-19(27)25-10-12-29-13-11-25/h3-9H,10-14H2,1-2H3. The Morgan fingerprint density at radius 1 is 1.10 bits per heavy atom. The van der Waals surface area contributed by atoms with Gasteiger partial charge in [-0.25, -0.2) is 9.67 Å². The maximum Gasteiger partial charge on any atom is 0.272 e. The Kier molecular flexibility index (Phi) is 5.26. The fraction of sp³-hybridized carbons (Fsp3) is 0.333. The second-order valence-electron chi connectivity index (χ2n) is 7.05. The van der Waals surface area contributed by atoms with Crippen molar-refractivity contribution in [2.75, 3.05) is 39.9 Å². The zero-order chi connectivity index (χ0) is 20.4. The lowest BCUT2D eigenvalue weighted by atomic mass is 10.2. The number of carbonyl (C=O) groups is 2. The van der Waals surface area contributed by atoms with Gasteiger partial charge in [0.15, 0.2) is 5.65 Å². The van der Waals surface area contributed by atoms with E-state index in [2.05, 4.69) is 10.1 Å². The quantitative estimate of drug-likeness (QED) is 0.673. The van der Waals surface area contributed by atoms with Gasteiger partial charge >= 0.3 is 0 Å². The van der Waals surface area contributed by atoms with Crippen LogP contribution in [0, 0.1) is 6.92 Å². The number of morpholine rings is 1. The predicted molar refractivity (Wildman–Crippen MR) is 108 cm³/mol. The summed E-state index contributed by atoms with van der Waals surface area (Å²) in [5.41, 5.74) is 2.61. The van der Waals surface area contributed by atoms with E-state index < -0.39 is 0 Å². The number of pyridine rings is 1. The average Bonchev–Trinajstić information content (AvgIpc) is 3.10. The van der Waals surface area contributed by atoms with E-state index in [1.807, 2.05) is 43.3 Å². The lowest BCUT2D eigenvalue weighted by Crippen LogP contribution is -2.46. The number of likely N-dealkylation sites (N-methyl/N-ethyl adjacent to an activating group) is 1. The molecule has 1 aliphatic rings. The average molecular weight is 393 g/mol. The highest BCUT2D eigenvalue weighted by Gasteiger charge is 2.22. The molecule has 150 valence electrons. The Bertz CT molecular complexity index is 1040. The number of aromatic nitrogens is 3. The third-order valence-corrected chi connectivity index (χ3v) is 5.02. The number of nitrogens with zero attached hydrogens (tertiary/aromatic N) is 5. The number of rotatable bonds is 4. The van der Waals surface area contributed by atoms with Gasteiger partial charge in [0.05, 0.1) is 31.1 Å². The maximum atomic E-state index is 12.9. The number of fused-ring (bicyclic) bond motifs is 1. The Balaban J connectivity index is 1.58. The van der Waals surface area contributed by atoms with E-state index >= 15 is 0 Å². The smallest absolute Gasteiger partial charge is 0.272 e. The molecule has 0 spiro atoms. The van der Waals surface area contributed by atoms with Crippen LogP contribution >= 0.6 is 0 Å². The molecule has 0 unspecified atom stereocenters. The van der Waals surface area contributed by atoms with E-state index in [0.717, 1.165) is 16.8 Å². The molecule has 0 N–H and O–H groups in total. The summed E-state index contributed by atoms with van der Waals surface area (Å²) < 4.78 is 7.01. The zero-order valence-electron chi connectivity index (χ0n) is 16.5. The van der Waals surface area contributed by atoms with Gasteiger partial charge in [-0.15, -0.1) is 0 Å². The molecule has 3 aromatic rings. The molecule has 8 nitrogen and oxygen atoms in total. The number of carbonyl (C=O) groups excluding carboxylic acids is 2. The number of hydrogen-bond acceptors (Lipinski definition) is 5. The molecule has 0 bridgehead atoms. The van der Waals surface area contributed by atoms with Gasteiger partial charge < -0.3 is 14.5 Å². The molecule has 1 saturated heterocycles. The predicted octanol–water partition coefficient (Wildman–Crippen LogP) is 1.66. The summed E-state index contributed by atoms with van der Waals surface area (Å²) in [6, 6.07) is 13.2. The highest BCUT2D eigenvalue weighted by atomic mass is 16.5. The minimum Gasteiger partial charge on any atom is -0.378 e. The summed E-state index contributed by atoms with van der Waals surface area (Å²) >= 11 is 0. The molecule has 2 aromatic heterocycles. The SMILES string of the molecule is Cc1nn(-c2ccccc2)c2nc(C(=O)N(C)CC(=O)N3CCOCC3)ccc12. The van der Waals surface area contributed by atoms with Crippen LogP contribution in [0.1, 0.15) is 16.2 Å². The molecule has 1 fully saturated rings. The molecular formula is C21H23N5O3. The van der Waals surface area contributed by atoms with E-state index in [1.165, 1.54) is 4.90 Å². The molecule has 29 heavy (non-hydrogen) atoms. The molecule has 2 amide bonds. The van der Waals surface area contributed by atoms with Gasteiger partial charge in [0.2, 0.25) is 5.91 Å². The number of hydrogen-bond donors (Lipinski definition) is 0. The largest absolute Gasteiger partial charge is 0.378 e. The molecule has 0 aliphatic carbocycles. The zero-order valence-corrected chi connectivity index (χ0v) is 16.5.